The molecule has 3 aromatic rings. The molecule has 1 N–H and O–H groups in total. The minimum Gasteiger partial charge on any atom is -0.326 e. The van der Waals surface area contributed by atoms with Gasteiger partial charge in [0.2, 0.25) is 5.91 Å². The predicted octanol–water partition coefficient (Wildman–Crippen LogP) is 3.24. The Morgan fingerprint density at radius 2 is 2.00 bits per heavy atom. The topological polar surface area (TPSA) is 64.0 Å². The molecule has 1 amide bonds. The maximum atomic E-state index is 12.8. The molecule has 0 aliphatic carbocycles. The molecule has 2 heterocycles. The summed E-state index contributed by atoms with van der Waals surface area (Å²) in [4.78, 5) is 30.6. The Balaban J connectivity index is 1.72. The number of hydrogen-bond acceptors (Lipinski definition) is 4. The lowest BCUT2D eigenvalue weighted by molar-refractivity contribution is -0.116. The third-order valence-corrected chi connectivity index (χ3v) is 4.98. The van der Waals surface area contributed by atoms with Crippen LogP contribution < -0.4 is 10.9 Å². The fraction of sp³-hybridized carbons (Fsp3) is 0.235. The first-order valence-electron chi connectivity index (χ1n) is 7.46. The summed E-state index contributed by atoms with van der Waals surface area (Å²) in [5.41, 5.74) is 1.33. The van der Waals surface area contributed by atoms with Crippen molar-refractivity contribution < 1.29 is 9.18 Å². The number of fused-ring (bicyclic) bond motifs is 1. The average Bonchev–Trinajstić information content (AvgIpc) is 2.84. The molecule has 2 aromatic heterocycles. The molecule has 0 atom stereocenters. The van der Waals surface area contributed by atoms with Crippen LogP contribution in [0, 0.1) is 19.7 Å². The van der Waals surface area contributed by atoms with Crippen LogP contribution in [0.3, 0.4) is 0 Å². The highest BCUT2D eigenvalue weighted by Crippen LogP contribution is 2.25. The number of aromatic nitrogens is 2. The fourth-order valence-electron chi connectivity index (χ4n) is 2.41. The van der Waals surface area contributed by atoms with Gasteiger partial charge in [-0.2, -0.15) is 0 Å². The molecular formula is C17H16FN3O2S. The number of benzene rings is 1. The summed E-state index contributed by atoms with van der Waals surface area (Å²) < 4.78 is 14.3. The first-order chi connectivity index (χ1) is 11.5. The molecule has 0 saturated heterocycles. The van der Waals surface area contributed by atoms with Crippen molar-refractivity contribution in [1.82, 2.24) is 9.55 Å². The van der Waals surface area contributed by atoms with Crippen molar-refractivity contribution in [1.29, 1.82) is 0 Å². The Bertz CT molecular complexity index is 960. The van der Waals surface area contributed by atoms with Crippen molar-refractivity contribution in [3.8, 4) is 0 Å². The van der Waals surface area contributed by atoms with Crippen LogP contribution in [0.2, 0.25) is 0 Å². The van der Waals surface area contributed by atoms with Gasteiger partial charge in [0.1, 0.15) is 10.6 Å². The quantitative estimate of drug-likeness (QED) is 0.789. The van der Waals surface area contributed by atoms with Gasteiger partial charge in [-0.25, -0.2) is 9.37 Å². The van der Waals surface area contributed by atoms with Crippen LogP contribution in [0.15, 0.2) is 35.4 Å². The van der Waals surface area contributed by atoms with Gasteiger partial charge in [-0.05, 0) is 43.7 Å². The molecule has 0 aliphatic rings. The lowest BCUT2D eigenvalue weighted by Crippen LogP contribution is -2.23. The molecule has 0 saturated carbocycles. The van der Waals surface area contributed by atoms with Crippen molar-refractivity contribution >= 4 is 33.1 Å². The van der Waals surface area contributed by atoms with Gasteiger partial charge in [0, 0.05) is 23.5 Å². The summed E-state index contributed by atoms with van der Waals surface area (Å²) in [5, 5.41) is 3.30. The van der Waals surface area contributed by atoms with Crippen LogP contribution in [0.4, 0.5) is 10.1 Å². The summed E-state index contributed by atoms with van der Waals surface area (Å²) in [5.74, 6) is -0.604. The highest BCUT2D eigenvalue weighted by molar-refractivity contribution is 7.18. The molecule has 0 unspecified atom stereocenters. The average molecular weight is 345 g/mol. The maximum Gasteiger partial charge on any atom is 0.262 e. The molecule has 0 bridgehead atoms. The number of thiophene rings is 1. The van der Waals surface area contributed by atoms with Gasteiger partial charge in [0.05, 0.1) is 11.7 Å². The molecule has 5 nitrogen and oxygen atoms in total. The number of hydrogen-bond donors (Lipinski definition) is 1. The Morgan fingerprint density at radius 1 is 1.29 bits per heavy atom. The lowest BCUT2D eigenvalue weighted by atomic mass is 10.2. The first kappa shape index (κ1) is 16.3. The second-order valence-corrected chi connectivity index (χ2v) is 6.71. The highest BCUT2D eigenvalue weighted by Gasteiger charge is 2.12. The highest BCUT2D eigenvalue weighted by atomic mass is 32.1. The van der Waals surface area contributed by atoms with Crippen molar-refractivity contribution in [3.63, 3.8) is 0 Å². The summed E-state index contributed by atoms with van der Waals surface area (Å²) in [6, 6.07) is 5.54. The van der Waals surface area contributed by atoms with Gasteiger partial charge >= 0.3 is 0 Å². The van der Waals surface area contributed by atoms with Crippen LogP contribution in [0.25, 0.3) is 10.2 Å². The monoisotopic (exact) mass is 345 g/mol. The van der Waals surface area contributed by atoms with E-state index < -0.39 is 0 Å². The fourth-order valence-corrected chi connectivity index (χ4v) is 3.40. The third kappa shape index (κ3) is 3.21. The molecule has 0 spiro atoms. The number of anilines is 1. The number of nitrogens with zero attached hydrogens (tertiary/aromatic N) is 2. The molecular weight excluding hydrogens is 329 g/mol. The molecule has 0 fully saturated rings. The molecule has 24 heavy (non-hydrogen) atoms. The predicted molar refractivity (Wildman–Crippen MR) is 93.0 cm³/mol. The van der Waals surface area contributed by atoms with Crippen LogP contribution in [0.1, 0.15) is 16.9 Å². The molecule has 0 aliphatic heterocycles. The zero-order valence-corrected chi connectivity index (χ0v) is 14.1. The Labute approximate surface area is 141 Å². The molecule has 1 aromatic carbocycles. The molecule has 0 radical (unpaired) electrons. The number of carbonyl (C=O) groups excluding carboxylic acids is 1. The van der Waals surface area contributed by atoms with E-state index in [0.717, 1.165) is 15.3 Å². The van der Waals surface area contributed by atoms with E-state index in [-0.39, 0.29) is 30.2 Å². The van der Waals surface area contributed by atoms with E-state index in [9.17, 15) is 14.0 Å². The van der Waals surface area contributed by atoms with Crippen LogP contribution in [-0.2, 0) is 11.3 Å². The zero-order chi connectivity index (χ0) is 17.3. The summed E-state index contributed by atoms with van der Waals surface area (Å²) in [7, 11) is 0. The molecule has 7 heteroatoms. The minimum absolute atomic E-state index is 0.128. The number of rotatable bonds is 4. The first-order valence-corrected chi connectivity index (χ1v) is 8.28. The van der Waals surface area contributed by atoms with E-state index in [4.69, 9.17) is 0 Å². The smallest absolute Gasteiger partial charge is 0.262 e. The maximum absolute atomic E-state index is 12.8. The SMILES string of the molecule is Cc1sc2ncn(CCC(=O)Nc3ccc(F)cc3)c(=O)c2c1C. The normalized spacial score (nSPS) is 11.0. The standard InChI is InChI=1S/C17H16FN3O2S/c1-10-11(2)24-16-15(10)17(23)21(9-19-16)8-7-14(22)20-13-5-3-12(18)4-6-13/h3-6,9H,7-8H2,1-2H3,(H,20,22). The van der Waals surface area contributed by atoms with E-state index >= 15 is 0 Å². The lowest BCUT2D eigenvalue weighted by Gasteiger charge is -2.07. The Hall–Kier alpha value is -2.54. The Kier molecular flexibility index (Phi) is 4.44. The van der Waals surface area contributed by atoms with Crippen LogP contribution in [-0.4, -0.2) is 15.5 Å². The number of aryl methyl sites for hydroxylation is 3. The van der Waals surface area contributed by atoms with E-state index in [2.05, 4.69) is 10.3 Å². The number of halogens is 1. The van der Waals surface area contributed by atoms with Gasteiger partial charge in [0.15, 0.2) is 0 Å². The van der Waals surface area contributed by atoms with Crippen molar-refractivity contribution in [2.24, 2.45) is 0 Å². The largest absolute Gasteiger partial charge is 0.326 e. The van der Waals surface area contributed by atoms with Crippen molar-refractivity contribution in [2.45, 2.75) is 26.8 Å². The van der Waals surface area contributed by atoms with Crippen molar-refractivity contribution in [3.05, 3.63) is 57.2 Å². The van der Waals surface area contributed by atoms with E-state index in [1.807, 2.05) is 13.8 Å². The van der Waals surface area contributed by atoms with Gasteiger partial charge in [-0.15, -0.1) is 11.3 Å². The Morgan fingerprint density at radius 3 is 2.71 bits per heavy atom. The van der Waals surface area contributed by atoms with Crippen molar-refractivity contribution in [2.75, 3.05) is 5.32 Å². The third-order valence-electron chi connectivity index (χ3n) is 3.86. The number of amides is 1. The van der Waals surface area contributed by atoms with Gasteiger partial charge in [-0.3, -0.25) is 14.2 Å². The molecule has 124 valence electrons. The second kappa shape index (κ2) is 6.52. The summed E-state index contributed by atoms with van der Waals surface area (Å²) in [6.07, 6.45) is 1.61. The van der Waals surface area contributed by atoms with Crippen LogP contribution in [0.5, 0.6) is 0 Å². The van der Waals surface area contributed by atoms with E-state index in [0.29, 0.717) is 11.1 Å². The van der Waals surface area contributed by atoms with Gasteiger partial charge < -0.3 is 5.32 Å². The van der Waals surface area contributed by atoms with E-state index in [1.165, 1.54) is 46.5 Å². The minimum atomic E-state index is -0.361. The van der Waals surface area contributed by atoms with Crippen LogP contribution >= 0.6 is 11.3 Å². The van der Waals surface area contributed by atoms with Gasteiger partial charge in [-0.1, -0.05) is 0 Å². The second-order valence-electron chi connectivity index (χ2n) is 5.51. The van der Waals surface area contributed by atoms with E-state index in [1.54, 1.807) is 0 Å². The molecule has 3 rings (SSSR count). The number of nitrogens with one attached hydrogen (secondary N) is 1. The summed E-state index contributed by atoms with van der Waals surface area (Å²) >= 11 is 1.49. The number of carbonyl (C=O) groups is 1. The van der Waals surface area contributed by atoms with Gasteiger partial charge in [0.25, 0.3) is 5.56 Å². The zero-order valence-electron chi connectivity index (χ0n) is 13.3. The summed E-state index contributed by atoms with van der Waals surface area (Å²) in [6.45, 7) is 4.10.